The van der Waals surface area contributed by atoms with Crippen LogP contribution in [0.1, 0.15) is 18.0 Å². The monoisotopic (exact) mass is 361 g/mol. The zero-order chi connectivity index (χ0) is 15.3. The van der Waals surface area contributed by atoms with Crippen LogP contribution in [0, 0.1) is 0 Å². The van der Waals surface area contributed by atoms with Crippen molar-refractivity contribution in [3.63, 3.8) is 0 Å². The number of fused-ring (bicyclic) bond motifs is 1. The van der Waals surface area contributed by atoms with E-state index in [1.54, 1.807) is 15.4 Å². The number of halogens is 1. The zero-order valence-corrected chi connectivity index (χ0v) is 13.7. The molecule has 0 spiro atoms. The van der Waals surface area contributed by atoms with Crippen molar-refractivity contribution < 1.29 is 0 Å². The summed E-state index contributed by atoms with van der Waals surface area (Å²) in [6.07, 6.45) is 6.62. The number of hydrogen-bond acceptors (Lipinski definition) is 5. The van der Waals surface area contributed by atoms with E-state index in [1.807, 2.05) is 19.4 Å². The van der Waals surface area contributed by atoms with E-state index < -0.39 is 0 Å². The molecule has 22 heavy (non-hydrogen) atoms. The third-order valence-corrected chi connectivity index (χ3v) is 4.92. The molecule has 1 aliphatic rings. The highest BCUT2D eigenvalue weighted by molar-refractivity contribution is 9.10. The van der Waals surface area contributed by atoms with E-state index in [2.05, 4.69) is 31.4 Å². The van der Waals surface area contributed by atoms with Gasteiger partial charge in [-0.3, -0.25) is 4.68 Å². The molecule has 4 rings (SSSR count). The fourth-order valence-corrected chi connectivity index (χ4v) is 3.52. The Morgan fingerprint density at radius 3 is 2.91 bits per heavy atom. The molecule has 0 bridgehead atoms. The molecule has 3 N–H and O–H groups in total. The molecule has 8 heteroatoms. The summed E-state index contributed by atoms with van der Waals surface area (Å²) in [7, 11) is 1.89. The van der Waals surface area contributed by atoms with Crippen molar-refractivity contribution in [2.75, 3.05) is 18.8 Å². The maximum absolute atomic E-state index is 6.26. The average Bonchev–Trinajstić information content (AvgIpc) is 3.22. The lowest BCUT2D eigenvalue weighted by atomic mass is 10.0. The van der Waals surface area contributed by atoms with Crippen molar-refractivity contribution in [3.05, 3.63) is 28.8 Å². The summed E-state index contributed by atoms with van der Waals surface area (Å²) in [5.74, 6) is 0.959. The molecule has 0 radical (unpaired) electrons. The summed E-state index contributed by atoms with van der Waals surface area (Å²) in [6.45, 7) is 1.94. The minimum absolute atomic E-state index is 0.373. The predicted octanol–water partition coefficient (Wildman–Crippen LogP) is 1.55. The van der Waals surface area contributed by atoms with Crippen LogP contribution < -0.4 is 11.1 Å². The van der Waals surface area contributed by atoms with E-state index in [1.165, 1.54) is 0 Å². The molecular weight excluding hydrogens is 346 g/mol. The summed E-state index contributed by atoms with van der Waals surface area (Å²) >= 11 is 3.59. The van der Waals surface area contributed by atoms with E-state index in [4.69, 9.17) is 10.7 Å². The summed E-state index contributed by atoms with van der Waals surface area (Å²) in [6, 6.07) is 0. The molecular formula is C14H16BrN7. The lowest BCUT2D eigenvalue weighted by Gasteiger charge is -2.13. The largest absolute Gasteiger partial charge is 0.383 e. The number of hydrogen-bond donors (Lipinski definition) is 2. The van der Waals surface area contributed by atoms with Crippen molar-refractivity contribution in [2.45, 2.75) is 12.3 Å². The Balaban J connectivity index is 1.93. The van der Waals surface area contributed by atoms with Gasteiger partial charge in [0.1, 0.15) is 5.82 Å². The number of nitrogens with zero attached hydrogens (tertiary/aromatic N) is 5. The molecule has 1 fully saturated rings. The number of anilines is 1. The molecule has 1 atom stereocenters. The smallest absolute Gasteiger partial charge is 0.165 e. The second-order valence-corrected chi connectivity index (χ2v) is 6.38. The maximum atomic E-state index is 6.26. The zero-order valence-electron chi connectivity index (χ0n) is 12.1. The predicted molar refractivity (Wildman–Crippen MR) is 87.5 cm³/mol. The number of nitrogen functional groups attached to an aromatic ring is 1. The lowest BCUT2D eigenvalue weighted by Crippen LogP contribution is -2.12. The standard InChI is InChI=1S/C14H16BrN7/c1-21-7-9(5-18-21)10-6-19-22-13(16)11(15)12(20-14(10)22)8-2-3-17-4-8/h5-8,17H,2-4,16H2,1H3. The third-order valence-electron chi connectivity index (χ3n) is 4.11. The van der Waals surface area contributed by atoms with Gasteiger partial charge in [-0.2, -0.15) is 14.7 Å². The number of aromatic nitrogens is 5. The van der Waals surface area contributed by atoms with Crippen molar-refractivity contribution in [3.8, 4) is 11.1 Å². The van der Waals surface area contributed by atoms with Gasteiger partial charge in [0.15, 0.2) is 5.65 Å². The average molecular weight is 362 g/mol. The van der Waals surface area contributed by atoms with Gasteiger partial charge in [0.2, 0.25) is 0 Å². The number of nitrogens with one attached hydrogen (secondary N) is 1. The van der Waals surface area contributed by atoms with Crippen molar-refractivity contribution in [1.82, 2.24) is 29.7 Å². The first kappa shape index (κ1) is 13.7. The first-order valence-corrected chi connectivity index (χ1v) is 7.97. The van der Waals surface area contributed by atoms with Gasteiger partial charge in [0, 0.05) is 36.8 Å². The second kappa shape index (κ2) is 5.06. The van der Waals surface area contributed by atoms with Gasteiger partial charge in [-0.1, -0.05) is 0 Å². The van der Waals surface area contributed by atoms with Crippen LogP contribution >= 0.6 is 15.9 Å². The molecule has 1 aliphatic heterocycles. The Hall–Kier alpha value is -1.93. The van der Waals surface area contributed by atoms with Gasteiger partial charge in [0.25, 0.3) is 0 Å². The van der Waals surface area contributed by atoms with Crippen LogP contribution in [0.4, 0.5) is 5.82 Å². The van der Waals surface area contributed by atoms with Crippen molar-refractivity contribution in [1.29, 1.82) is 0 Å². The van der Waals surface area contributed by atoms with Gasteiger partial charge in [-0.05, 0) is 28.9 Å². The molecule has 4 heterocycles. The minimum atomic E-state index is 0.373. The van der Waals surface area contributed by atoms with Gasteiger partial charge < -0.3 is 11.1 Å². The molecule has 0 saturated carbocycles. The first-order chi connectivity index (χ1) is 10.6. The third kappa shape index (κ3) is 2.02. The summed E-state index contributed by atoms with van der Waals surface area (Å²) in [5.41, 5.74) is 9.96. The highest BCUT2D eigenvalue weighted by Crippen LogP contribution is 2.34. The number of rotatable bonds is 2. The van der Waals surface area contributed by atoms with Crippen LogP contribution in [0.3, 0.4) is 0 Å². The highest BCUT2D eigenvalue weighted by Gasteiger charge is 2.24. The number of aryl methyl sites for hydroxylation is 1. The van der Waals surface area contributed by atoms with Gasteiger partial charge in [0.05, 0.1) is 22.6 Å². The molecule has 3 aromatic heterocycles. The van der Waals surface area contributed by atoms with Gasteiger partial charge in [-0.25, -0.2) is 4.98 Å². The Morgan fingerprint density at radius 2 is 2.23 bits per heavy atom. The number of nitrogens with two attached hydrogens (primary N) is 1. The van der Waals surface area contributed by atoms with E-state index in [-0.39, 0.29) is 0 Å². The molecule has 114 valence electrons. The van der Waals surface area contributed by atoms with E-state index in [0.29, 0.717) is 11.7 Å². The van der Waals surface area contributed by atoms with Crippen LogP contribution in [-0.2, 0) is 7.05 Å². The van der Waals surface area contributed by atoms with E-state index in [0.717, 1.165) is 46.5 Å². The molecule has 0 aliphatic carbocycles. The summed E-state index contributed by atoms with van der Waals surface area (Å²) in [4.78, 5) is 4.86. The molecule has 7 nitrogen and oxygen atoms in total. The minimum Gasteiger partial charge on any atom is -0.383 e. The molecule has 0 amide bonds. The normalized spacial score (nSPS) is 18.4. The van der Waals surface area contributed by atoms with Gasteiger partial charge >= 0.3 is 0 Å². The van der Waals surface area contributed by atoms with Crippen LogP contribution in [0.15, 0.2) is 23.1 Å². The van der Waals surface area contributed by atoms with E-state index >= 15 is 0 Å². The topological polar surface area (TPSA) is 86.1 Å². The molecule has 1 unspecified atom stereocenters. The Morgan fingerprint density at radius 1 is 1.36 bits per heavy atom. The SMILES string of the molecule is Cn1cc(-c2cnn3c(N)c(Br)c(C4CCNC4)nc23)cn1. The second-order valence-electron chi connectivity index (χ2n) is 5.58. The summed E-state index contributed by atoms with van der Waals surface area (Å²) in [5, 5.41) is 12.0. The molecule has 1 saturated heterocycles. The van der Waals surface area contributed by atoms with Crippen LogP contribution in [0.25, 0.3) is 16.8 Å². The fourth-order valence-electron chi connectivity index (χ4n) is 2.94. The van der Waals surface area contributed by atoms with Gasteiger partial charge in [-0.15, -0.1) is 0 Å². The van der Waals surface area contributed by atoms with Crippen LogP contribution in [-0.4, -0.2) is 37.5 Å². The maximum Gasteiger partial charge on any atom is 0.165 e. The molecule has 0 aromatic carbocycles. The highest BCUT2D eigenvalue weighted by atomic mass is 79.9. The van der Waals surface area contributed by atoms with Crippen molar-refractivity contribution >= 4 is 27.4 Å². The van der Waals surface area contributed by atoms with E-state index in [9.17, 15) is 0 Å². The quantitative estimate of drug-likeness (QED) is 0.723. The molecule has 3 aromatic rings. The Labute approximate surface area is 135 Å². The van der Waals surface area contributed by atoms with Crippen LogP contribution in [0.2, 0.25) is 0 Å². The van der Waals surface area contributed by atoms with Crippen LogP contribution in [0.5, 0.6) is 0 Å². The summed E-state index contributed by atoms with van der Waals surface area (Å²) < 4.78 is 4.29. The fraction of sp³-hybridized carbons (Fsp3) is 0.357. The van der Waals surface area contributed by atoms with Crippen molar-refractivity contribution in [2.24, 2.45) is 7.05 Å². The lowest BCUT2D eigenvalue weighted by molar-refractivity contribution is 0.727. The first-order valence-electron chi connectivity index (χ1n) is 7.17. The Bertz CT molecular complexity index is 844. The Kier molecular flexibility index (Phi) is 3.16.